The Labute approximate surface area is 145 Å². The third-order valence-corrected chi connectivity index (χ3v) is 4.89. The molecule has 0 aliphatic carbocycles. The fourth-order valence-electron chi connectivity index (χ4n) is 2.17. The van der Waals surface area contributed by atoms with Gasteiger partial charge in [-0.05, 0) is 38.3 Å². The van der Waals surface area contributed by atoms with Gasteiger partial charge in [0.15, 0.2) is 0 Å². The number of sulfonamides is 1. The molecular formula is C17H28N2O4S. The van der Waals surface area contributed by atoms with Gasteiger partial charge in [0.2, 0.25) is 15.9 Å². The molecule has 0 aliphatic rings. The molecule has 0 aliphatic heterocycles. The van der Waals surface area contributed by atoms with Crippen LogP contribution >= 0.6 is 0 Å². The Morgan fingerprint density at radius 1 is 1.21 bits per heavy atom. The highest BCUT2D eigenvalue weighted by Crippen LogP contribution is 2.13. The van der Waals surface area contributed by atoms with Crippen LogP contribution in [0, 0.1) is 12.8 Å². The van der Waals surface area contributed by atoms with Gasteiger partial charge in [-0.3, -0.25) is 4.79 Å². The molecule has 2 N–H and O–H groups in total. The molecule has 1 aromatic carbocycles. The predicted octanol–water partition coefficient (Wildman–Crippen LogP) is 1.84. The Balaban J connectivity index is 2.80. The summed E-state index contributed by atoms with van der Waals surface area (Å²) in [7, 11) is -3.74. The fourth-order valence-corrected chi connectivity index (χ4v) is 3.38. The largest absolute Gasteiger partial charge is 0.380 e. The number of carbonyl (C=O) groups excluding carboxylic acids is 1. The van der Waals surface area contributed by atoms with Crippen molar-refractivity contribution in [1.29, 1.82) is 0 Å². The fraction of sp³-hybridized carbons (Fsp3) is 0.588. The zero-order valence-electron chi connectivity index (χ0n) is 14.8. The number of carbonyl (C=O) groups is 1. The molecule has 0 spiro atoms. The monoisotopic (exact) mass is 356 g/mol. The quantitative estimate of drug-likeness (QED) is 0.627. The summed E-state index contributed by atoms with van der Waals surface area (Å²) < 4.78 is 32.7. The van der Waals surface area contributed by atoms with Crippen molar-refractivity contribution in [3.05, 3.63) is 29.8 Å². The third kappa shape index (κ3) is 6.98. The molecule has 1 unspecified atom stereocenters. The standard InChI is InChI=1S/C17H28N2O4S/c1-5-23-11-10-18-17(20)16(12-13(2)3)19-24(21,22)15-8-6-14(4)7-9-15/h6-9,13,16,19H,5,10-12H2,1-4H3,(H,18,20). The molecule has 0 saturated heterocycles. The summed E-state index contributed by atoms with van der Waals surface area (Å²) >= 11 is 0. The van der Waals surface area contributed by atoms with Crippen molar-refractivity contribution >= 4 is 15.9 Å². The highest BCUT2D eigenvalue weighted by molar-refractivity contribution is 7.89. The molecule has 0 radical (unpaired) electrons. The minimum atomic E-state index is -3.74. The van der Waals surface area contributed by atoms with Crippen molar-refractivity contribution in [3.8, 4) is 0 Å². The molecule has 1 amide bonds. The van der Waals surface area contributed by atoms with Gasteiger partial charge < -0.3 is 10.1 Å². The van der Waals surface area contributed by atoms with E-state index >= 15 is 0 Å². The average molecular weight is 356 g/mol. The number of nitrogens with one attached hydrogen (secondary N) is 2. The molecule has 0 fully saturated rings. The number of amides is 1. The lowest BCUT2D eigenvalue weighted by Crippen LogP contribution is -2.48. The number of hydrogen-bond donors (Lipinski definition) is 2. The first-order valence-corrected chi connectivity index (χ1v) is 9.69. The van der Waals surface area contributed by atoms with Crippen molar-refractivity contribution in [2.24, 2.45) is 5.92 Å². The van der Waals surface area contributed by atoms with E-state index in [9.17, 15) is 13.2 Å². The maximum atomic E-state index is 12.5. The van der Waals surface area contributed by atoms with E-state index in [4.69, 9.17) is 4.74 Å². The van der Waals surface area contributed by atoms with Crippen LogP contribution in [-0.4, -0.2) is 40.1 Å². The Morgan fingerprint density at radius 2 is 1.83 bits per heavy atom. The Hall–Kier alpha value is -1.44. The second-order valence-electron chi connectivity index (χ2n) is 6.10. The number of aryl methyl sites for hydroxylation is 1. The number of benzene rings is 1. The van der Waals surface area contributed by atoms with Gasteiger partial charge in [0.1, 0.15) is 6.04 Å². The van der Waals surface area contributed by atoms with Crippen molar-refractivity contribution in [1.82, 2.24) is 10.0 Å². The number of ether oxygens (including phenoxy) is 1. The first kappa shape index (κ1) is 20.6. The Morgan fingerprint density at radius 3 is 2.38 bits per heavy atom. The van der Waals surface area contributed by atoms with Crippen LogP contribution in [0.15, 0.2) is 29.2 Å². The lowest BCUT2D eigenvalue weighted by Gasteiger charge is -2.20. The Bertz CT molecular complexity index is 612. The molecule has 1 rings (SSSR count). The van der Waals surface area contributed by atoms with Crippen LogP contribution in [0.4, 0.5) is 0 Å². The van der Waals surface area contributed by atoms with E-state index in [0.29, 0.717) is 26.2 Å². The molecule has 1 aromatic rings. The number of hydrogen-bond acceptors (Lipinski definition) is 4. The summed E-state index contributed by atoms with van der Waals surface area (Å²) in [5.74, 6) is -0.160. The van der Waals surface area contributed by atoms with E-state index in [1.807, 2.05) is 27.7 Å². The van der Waals surface area contributed by atoms with E-state index in [0.717, 1.165) is 5.56 Å². The average Bonchev–Trinajstić information content (AvgIpc) is 2.50. The topological polar surface area (TPSA) is 84.5 Å². The normalized spacial score (nSPS) is 13.0. The summed E-state index contributed by atoms with van der Waals surface area (Å²) in [5, 5.41) is 2.72. The second kappa shape index (κ2) is 9.76. The van der Waals surface area contributed by atoms with Gasteiger partial charge in [-0.2, -0.15) is 4.72 Å². The summed E-state index contributed by atoms with van der Waals surface area (Å²) in [6.45, 7) is 8.98. The van der Waals surface area contributed by atoms with Crippen LogP contribution < -0.4 is 10.0 Å². The summed E-state index contributed by atoms with van der Waals surface area (Å²) in [6, 6.07) is 5.73. The van der Waals surface area contributed by atoms with Crippen molar-refractivity contribution in [2.75, 3.05) is 19.8 Å². The second-order valence-corrected chi connectivity index (χ2v) is 7.82. The SMILES string of the molecule is CCOCCNC(=O)C(CC(C)C)NS(=O)(=O)c1ccc(C)cc1. The highest BCUT2D eigenvalue weighted by Gasteiger charge is 2.26. The van der Waals surface area contributed by atoms with Crippen LogP contribution in [0.5, 0.6) is 0 Å². The predicted molar refractivity (Wildman–Crippen MR) is 94.2 cm³/mol. The molecule has 6 nitrogen and oxygen atoms in total. The maximum Gasteiger partial charge on any atom is 0.241 e. The molecule has 0 aromatic heterocycles. The van der Waals surface area contributed by atoms with E-state index in [-0.39, 0.29) is 16.7 Å². The molecule has 0 bridgehead atoms. The van der Waals surface area contributed by atoms with Gasteiger partial charge in [-0.15, -0.1) is 0 Å². The molecule has 136 valence electrons. The summed E-state index contributed by atoms with van der Waals surface area (Å²) in [6.07, 6.45) is 0.422. The zero-order valence-corrected chi connectivity index (χ0v) is 15.7. The van der Waals surface area contributed by atoms with Gasteiger partial charge in [0.05, 0.1) is 11.5 Å². The Kier molecular flexibility index (Phi) is 8.38. The van der Waals surface area contributed by atoms with Crippen LogP contribution in [0.25, 0.3) is 0 Å². The van der Waals surface area contributed by atoms with Crippen molar-refractivity contribution in [2.45, 2.75) is 45.1 Å². The summed E-state index contributed by atoms with van der Waals surface area (Å²) in [4.78, 5) is 12.5. The first-order valence-electron chi connectivity index (χ1n) is 8.20. The van der Waals surface area contributed by atoms with Gasteiger partial charge in [0, 0.05) is 13.2 Å². The van der Waals surface area contributed by atoms with Gasteiger partial charge in [-0.1, -0.05) is 31.5 Å². The lowest BCUT2D eigenvalue weighted by atomic mass is 10.0. The first-order chi connectivity index (χ1) is 11.3. The molecular weight excluding hydrogens is 328 g/mol. The molecule has 0 heterocycles. The minimum Gasteiger partial charge on any atom is -0.380 e. The van der Waals surface area contributed by atoms with E-state index < -0.39 is 16.1 Å². The van der Waals surface area contributed by atoms with Gasteiger partial charge in [-0.25, -0.2) is 8.42 Å². The third-order valence-electron chi connectivity index (χ3n) is 3.40. The van der Waals surface area contributed by atoms with Crippen LogP contribution in [-0.2, 0) is 19.6 Å². The minimum absolute atomic E-state index is 0.156. The van der Waals surface area contributed by atoms with Gasteiger partial charge >= 0.3 is 0 Å². The van der Waals surface area contributed by atoms with Crippen LogP contribution in [0.1, 0.15) is 32.8 Å². The van der Waals surface area contributed by atoms with E-state index in [1.54, 1.807) is 12.1 Å². The van der Waals surface area contributed by atoms with Gasteiger partial charge in [0.25, 0.3) is 0 Å². The lowest BCUT2D eigenvalue weighted by molar-refractivity contribution is -0.123. The highest BCUT2D eigenvalue weighted by atomic mass is 32.2. The van der Waals surface area contributed by atoms with Crippen molar-refractivity contribution < 1.29 is 17.9 Å². The zero-order chi connectivity index (χ0) is 18.2. The van der Waals surface area contributed by atoms with Crippen molar-refractivity contribution in [3.63, 3.8) is 0 Å². The molecule has 7 heteroatoms. The summed E-state index contributed by atoms with van der Waals surface area (Å²) in [5.41, 5.74) is 0.973. The smallest absolute Gasteiger partial charge is 0.241 e. The van der Waals surface area contributed by atoms with Crippen LogP contribution in [0.3, 0.4) is 0 Å². The van der Waals surface area contributed by atoms with Crippen LogP contribution in [0.2, 0.25) is 0 Å². The molecule has 1 atom stereocenters. The van der Waals surface area contributed by atoms with E-state index in [1.165, 1.54) is 12.1 Å². The maximum absolute atomic E-state index is 12.5. The van der Waals surface area contributed by atoms with E-state index in [2.05, 4.69) is 10.0 Å². The number of rotatable bonds is 10. The molecule has 0 saturated carbocycles. The molecule has 24 heavy (non-hydrogen) atoms.